The first kappa shape index (κ1) is 34.6. The van der Waals surface area contributed by atoms with Gasteiger partial charge in [-0.3, -0.25) is 14.4 Å². The van der Waals surface area contributed by atoms with Crippen molar-refractivity contribution in [3.63, 3.8) is 0 Å². The van der Waals surface area contributed by atoms with Gasteiger partial charge in [-0.05, 0) is 19.3 Å². The third-order valence-electron chi connectivity index (χ3n) is 9.32. The maximum atomic E-state index is 13.3. The number of carbonyl (C=O) groups is 3. The summed E-state index contributed by atoms with van der Waals surface area (Å²) in [5, 5.41) is 0. The molecule has 1 aromatic rings. The minimum Gasteiger partial charge on any atom is -0.465 e. The van der Waals surface area contributed by atoms with Gasteiger partial charge in [-0.1, -0.05) is 20.8 Å². The van der Waals surface area contributed by atoms with Crippen LogP contribution in [0.2, 0.25) is 0 Å². The number of hydrogen-bond donors (Lipinski definition) is 0. The van der Waals surface area contributed by atoms with E-state index < -0.39 is 35.0 Å². The van der Waals surface area contributed by atoms with Gasteiger partial charge < -0.3 is 28.4 Å². The molecule has 0 saturated carbocycles. The molecular weight excluding hydrogens is 594 g/mol. The fourth-order valence-electron chi connectivity index (χ4n) is 5.12. The summed E-state index contributed by atoms with van der Waals surface area (Å²) in [4.78, 5) is 77.5. The quantitative estimate of drug-likeness (QED) is 0.159. The first-order valence-electron chi connectivity index (χ1n) is 15.7. The zero-order valence-electron chi connectivity index (χ0n) is 26.5. The van der Waals surface area contributed by atoms with Crippen molar-refractivity contribution in [2.45, 2.75) is 78.9 Å². The van der Waals surface area contributed by atoms with E-state index >= 15 is 0 Å². The van der Waals surface area contributed by atoms with Gasteiger partial charge in [-0.25, -0.2) is 28.1 Å². The summed E-state index contributed by atoms with van der Waals surface area (Å²) >= 11 is 0. The van der Waals surface area contributed by atoms with Crippen LogP contribution in [0.3, 0.4) is 0 Å². The molecule has 1 aromatic heterocycles. The van der Waals surface area contributed by atoms with E-state index in [0.717, 1.165) is 33.0 Å². The summed E-state index contributed by atoms with van der Waals surface area (Å²) in [6.45, 7) is 8.20. The molecule has 0 N–H and O–H groups in total. The summed E-state index contributed by atoms with van der Waals surface area (Å²) in [7, 11) is 0. The second-order valence-electron chi connectivity index (χ2n) is 12.6. The normalized spacial score (nSPS) is 19.0. The van der Waals surface area contributed by atoms with Crippen LogP contribution in [0.25, 0.3) is 0 Å². The molecule has 0 bridgehead atoms. The van der Waals surface area contributed by atoms with Crippen LogP contribution in [-0.4, -0.2) is 91.1 Å². The van der Waals surface area contributed by atoms with Crippen molar-refractivity contribution in [2.75, 3.05) is 59.5 Å². The lowest BCUT2D eigenvalue weighted by Crippen LogP contribution is -2.55. The van der Waals surface area contributed by atoms with E-state index in [1.807, 2.05) is 20.8 Å². The van der Waals surface area contributed by atoms with Gasteiger partial charge in [0.05, 0.1) is 75.1 Å². The zero-order chi connectivity index (χ0) is 32.7. The molecular formula is C30H45N3O12. The molecule has 0 radical (unpaired) electrons. The minimum atomic E-state index is -0.978. The molecule has 45 heavy (non-hydrogen) atoms. The van der Waals surface area contributed by atoms with Crippen LogP contribution in [0.15, 0.2) is 14.4 Å². The maximum Gasteiger partial charge on any atom is 0.336 e. The average molecular weight is 640 g/mol. The maximum absolute atomic E-state index is 13.3. The van der Waals surface area contributed by atoms with E-state index in [4.69, 9.17) is 28.4 Å². The van der Waals surface area contributed by atoms with Gasteiger partial charge in [-0.15, -0.1) is 0 Å². The molecule has 0 amide bonds. The lowest BCUT2D eigenvalue weighted by Gasteiger charge is -2.39. The Labute approximate surface area is 260 Å². The van der Waals surface area contributed by atoms with E-state index in [9.17, 15) is 28.8 Å². The van der Waals surface area contributed by atoms with Gasteiger partial charge in [0, 0.05) is 19.6 Å². The monoisotopic (exact) mass is 639 g/mol. The fraction of sp³-hybridized carbons (Fsp3) is 0.800. The fourth-order valence-corrected chi connectivity index (χ4v) is 5.12. The molecule has 252 valence electrons. The van der Waals surface area contributed by atoms with Crippen LogP contribution in [-0.2, 0) is 62.4 Å². The van der Waals surface area contributed by atoms with Crippen molar-refractivity contribution in [1.29, 1.82) is 0 Å². The summed E-state index contributed by atoms with van der Waals surface area (Å²) in [6.07, 6.45) is 1.38. The molecule has 0 aliphatic carbocycles. The Bertz CT molecular complexity index is 1180. The molecule has 3 aliphatic rings. The highest BCUT2D eigenvalue weighted by Crippen LogP contribution is 2.33. The zero-order valence-corrected chi connectivity index (χ0v) is 26.5. The Hall–Kier alpha value is -3.30. The Kier molecular flexibility index (Phi) is 11.4. The molecule has 0 unspecified atom stereocenters. The standard InChI is InChI=1S/C30H45N3O12/c1-4-28(13-40-14-28)19-43-22(34)7-10-31-25(37)32(11-8-23(35)44-20-29(5-2)15-41-16-29)27(39)33(26(31)38)12-9-24(36)45-21-30(6-3)17-42-18-30/h4-21H2,1-3H3. The van der Waals surface area contributed by atoms with E-state index in [-0.39, 0.29) is 75.0 Å². The molecule has 0 spiro atoms. The number of ether oxygens (including phenoxy) is 6. The number of aromatic nitrogens is 3. The molecule has 15 heteroatoms. The van der Waals surface area contributed by atoms with Gasteiger partial charge in [0.25, 0.3) is 0 Å². The molecule has 3 fully saturated rings. The van der Waals surface area contributed by atoms with Crippen LogP contribution in [0.4, 0.5) is 0 Å². The van der Waals surface area contributed by atoms with Crippen LogP contribution in [0.1, 0.15) is 59.3 Å². The third kappa shape index (κ3) is 8.11. The smallest absolute Gasteiger partial charge is 0.336 e. The van der Waals surface area contributed by atoms with Crippen molar-refractivity contribution in [2.24, 2.45) is 16.2 Å². The topological polar surface area (TPSA) is 173 Å². The van der Waals surface area contributed by atoms with Gasteiger partial charge in [0.1, 0.15) is 19.8 Å². The van der Waals surface area contributed by atoms with Crippen molar-refractivity contribution < 1.29 is 42.8 Å². The van der Waals surface area contributed by atoms with Crippen molar-refractivity contribution >= 4 is 17.9 Å². The number of nitrogens with zero attached hydrogens (tertiary/aromatic N) is 3. The lowest BCUT2D eigenvalue weighted by atomic mass is 9.84. The van der Waals surface area contributed by atoms with Crippen molar-refractivity contribution in [3.8, 4) is 0 Å². The highest BCUT2D eigenvalue weighted by atomic mass is 16.6. The lowest BCUT2D eigenvalue weighted by molar-refractivity contribution is -0.171. The molecule has 15 nitrogen and oxygen atoms in total. The predicted molar refractivity (Wildman–Crippen MR) is 157 cm³/mol. The summed E-state index contributed by atoms with van der Waals surface area (Å²) in [5.41, 5.74) is -3.64. The Morgan fingerprint density at radius 3 is 0.956 bits per heavy atom. The van der Waals surface area contributed by atoms with E-state index in [0.29, 0.717) is 39.6 Å². The van der Waals surface area contributed by atoms with Crippen LogP contribution in [0, 0.1) is 16.2 Å². The third-order valence-corrected chi connectivity index (χ3v) is 9.32. The summed E-state index contributed by atoms with van der Waals surface area (Å²) in [5.74, 6) is -1.86. The average Bonchev–Trinajstić information content (AvgIpc) is 2.96. The van der Waals surface area contributed by atoms with E-state index in [1.54, 1.807) is 0 Å². The van der Waals surface area contributed by atoms with Crippen LogP contribution in [0.5, 0.6) is 0 Å². The Balaban J connectivity index is 1.45. The van der Waals surface area contributed by atoms with Crippen molar-refractivity contribution in [1.82, 2.24) is 13.7 Å². The number of carbonyl (C=O) groups excluding carboxylic acids is 3. The molecule has 3 aliphatic heterocycles. The molecule has 4 rings (SSSR count). The SMILES string of the molecule is CCC1(COC(=O)CCn2c(=O)n(CCC(=O)OCC3(CC)COC3)c(=O)n(CCC(=O)OCC3(CC)COC3)c2=O)COC1. The number of esters is 3. The summed E-state index contributed by atoms with van der Waals surface area (Å²) < 4.78 is 34.1. The van der Waals surface area contributed by atoms with Crippen LogP contribution >= 0.6 is 0 Å². The van der Waals surface area contributed by atoms with Crippen LogP contribution < -0.4 is 17.1 Å². The van der Waals surface area contributed by atoms with E-state index in [2.05, 4.69) is 0 Å². The molecule has 3 saturated heterocycles. The highest BCUT2D eigenvalue weighted by molar-refractivity contribution is 5.70. The highest BCUT2D eigenvalue weighted by Gasteiger charge is 2.40. The van der Waals surface area contributed by atoms with Gasteiger partial charge >= 0.3 is 35.0 Å². The second kappa shape index (κ2) is 14.9. The predicted octanol–water partition coefficient (Wildman–Crippen LogP) is 0.251. The first-order chi connectivity index (χ1) is 21.5. The Morgan fingerprint density at radius 2 is 0.778 bits per heavy atom. The Morgan fingerprint density at radius 1 is 0.533 bits per heavy atom. The minimum absolute atomic E-state index is 0.155. The molecule has 0 aromatic carbocycles. The number of hydrogen-bond acceptors (Lipinski definition) is 12. The van der Waals surface area contributed by atoms with Gasteiger partial charge in [0.15, 0.2) is 0 Å². The summed E-state index contributed by atoms with van der Waals surface area (Å²) in [6, 6.07) is 0. The van der Waals surface area contributed by atoms with E-state index in [1.165, 1.54) is 0 Å². The van der Waals surface area contributed by atoms with Crippen molar-refractivity contribution in [3.05, 3.63) is 31.5 Å². The molecule has 0 atom stereocenters. The largest absolute Gasteiger partial charge is 0.465 e. The first-order valence-corrected chi connectivity index (χ1v) is 15.7. The van der Waals surface area contributed by atoms with Gasteiger partial charge in [0.2, 0.25) is 0 Å². The molecule has 4 heterocycles. The number of rotatable bonds is 18. The second-order valence-corrected chi connectivity index (χ2v) is 12.6. The van der Waals surface area contributed by atoms with Gasteiger partial charge in [-0.2, -0.15) is 0 Å².